The second-order valence-electron chi connectivity index (χ2n) is 5.65. The summed E-state index contributed by atoms with van der Waals surface area (Å²) in [5.74, 6) is 6.33. The first-order chi connectivity index (χ1) is 10.2. The zero-order valence-corrected chi connectivity index (χ0v) is 13.2. The van der Waals surface area contributed by atoms with Gasteiger partial charge in [-0.05, 0) is 54.0 Å². The van der Waals surface area contributed by atoms with E-state index in [-0.39, 0.29) is 6.04 Å². The maximum absolute atomic E-state index is 6.07. The van der Waals surface area contributed by atoms with Gasteiger partial charge in [0.15, 0.2) is 0 Å². The number of halogens is 2. The van der Waals surface area contributed by atoms with Crippen LogP contribution in [-0.4, -0.2) is 6.04 Å². The lowest BCUT2D eigenvalue weighted by atomic mass is 9.74. The fourth-order valence-electron chi connectivity index (χ4n) is 3.08. The molecule has 1 aliphatic rings. The lowest BCUT2D eigenvalue weighted by molar-refractivity contribution is 0.422. The van der Waals surface area contributed by atoms with Gasteiger partial charge in [0.05, 0.1) is 10.0 Å². The van der Waals surface area contributed by atoms with Gasteiger partial charge in [0.2, 0.25) is 0 Å². The first kappa shape index (κ1) is 14.9. The summed E-state index contributed by atoms with van der Waals surface area (Å²) in [6.07, 6.45) is 3.04. The van der Waals surface area contributed by atoms with Gasteiger partial charge in [-0.25, -0.2) is 0 Å². The Morgan fingerprint density at radius 2 is 1.95 bits per heavy atom. The predicted molar refractivity (Wildman–Crippen MR) is 88.8 cm³/mol. The molecule has 0 saturated carbocycles. The molecule has 0 aliphatic heterocycles. The van der Waals surface area contributed by atoms with Gasteiger partial charge in [0.25, 0.3) is 0 Å². The van der Waals surface area contributed by atoms with Crippen molar-refractivity contribution in [3.05, 3.63) is 69.2 Å². The molecule has 3 N–H and O–H groups in total. The maximum atomic E-state index is 6.07. The molecular formula is C17H18Cl2N2. The van der Waals surface area contributed by atoms with Crippen molar-refractivity contribution in [2.24, 2.45) is 5.84 Å². The van der Waals surface area contributed by atoms with E-state index in [4.69, 9.17) is 29.0 Å². The number of hydrazine groups is 1. The molecule has 3 rings (SSSR count). The van der Waals surface area contributed by atoms with E-state index in [9.17, 15) is 0 Å². The van der Waals surface area contributed by atoms with Crippen LogP contribution >= 0.6 is 23.2 Å². The van der Waals surface area contributed by atoms with E-state index in [2.05, 4.69) is 29.7 Å². The quantitative estimate of drug-likeness (QED) is 0.643. The van der Waals surface area contributed by atoms with Crippen molar-refractivity contribution in [1.82, 2.24) is 5.43 Å². The molecular weight excluding hydrogens is 303 g/mol. The summed E-state index contributed by atoms with van der Waals surface area (Å²) < 4.78 is 0. The molecule has 0 fully saturated rings. The second-order valence-corrected chi connectivity index (χ2v) is 6.47. The van der Waals surface area contributed by atoms with E-state index in [0.29, 0.717) is 16.0 Å². The fourth-order valence-corrected chi connectivity index (χ4v) is 3.40. The number of hydrogen-bond acceptors (Lipinski definition) is 2. The Balaban J connectivity index is 1.65. The van der Waals surface area contributed by atoms with Gasteiger partial charge in [0.1, 0.15) is 0 Å². The Morgan fingerprint density at radius 3 is 2.67 bits per heavy atom. The number of fused-ring (bicyclic) bond motifs is 1. The first-order valence-electron chi connectivity index (χ1n) is 7.15. The van der Waals surface area contributed by atoms with Crippen molar-refractivity contribution in [3.8, 4) is 0 Å². The number of nitrogens with one attached hydrogen (secondary N) is 1. The molecule has 2 aromatic rings. The number of hydrogen-bond donors (Lipinski definition) is 2. The van der Waals surface area contributed by atoms with Gasteiger partial charge in [-0.3, -0.25) is 11.3 Å². The normalized spacial score (nSPS) is 18.0. The topological polar surface area (TPSA) is 38.0 Å². The van der Waals surface area contributed by atoms with Crippen LogP contribution in [-0.2, 0) is 12.8 Å². The summed E-state index contributed by atoms with van der Waals surface area (Å²) in [5.41, 5.74) is 7.02. The van der Waals surface area contributed by atoms with Crippen LogP contribution in [0, 0.1) is 0 Å². The van der Waals surface area contributed by atoms with Crippen LogP contribution in [0.1, 0.15) is 29.0 Å². The number of benzene rings is 2. The molecule has 0 amide bonds. The van der Waals surface area contributed by atoms with Gasteiger partial charge in [0, 0.05) is 6.04 Å². The van der Waals surface area contributed by atoms with Crippen LogP contribution in [0.2, 0.25) is 10.0 Å². The van der Waals surface area contributed by atoms with Crippen molar-refractivity contribution >= 4 is 23.2 Å². The molecule has 0 heterocycles. The highest BCUT2D eigenvalue weighted by molar-refractivity contribution is 6.42. The monoisotopic (exact) mass is 320 g/mol. The zero-order valence-electron chi connectivity index (χ0n) is 11.7. The molecule has 21 heavy (non-hydrogen) atoms. The first-order valence-corrected chi connectivity index (χ1v) is 7.91. The molecule has 2 atom stereocenters. The van der Waals surface area contributed by atoms with Crippen molar-refractivity contribution in [2.45, 2.75) is 31.2 Å². The van der Waals surface area contributed by atoms with Crippen molar-refractivity contribution in [1.29, 1.82) is 0 Å². The molecule has 0 bridgehead atoms. The summed E-state index contributed by atoms with van der Waals surface area (Å²) in [4.78, 5) is 0. The third-order valence-electron chi connectivity index (χ3n) is 4.23. The average Bonchev–Trinajstić information content (AvgIpc) is 2.47. The Bertz CT molecular complexity index is 642. The molecule has 4 heteroatoms. The van der Waals surface area contributed by atoms with E-state index < -0.39 is 0 Å². The molecule has 0 saturated heterocycles. The highest BCUT2D eigenvalue weighted by atomic mass is 35.5. The summed E-state index contributed by atoms with van der Waals surface area (Å²) in [7, 11) is 0. The molecule has 0 radical (unpaired) electrons. The van der Waals surface area contributed by atoms with Gasteiger partial charge < -0.3 is 0 Å². The van der Waals surface area contributed by atoms with Crippen LogP contribution in [0.25, 0.3) is 0 Å². The molecule has 110 valence electrons. The SMILES string of the molecule is NNC(Cc1ccc(Cl)c(Cl)c1)CC1Cc2ccccc21. The minimum atomic E-state index is 0.237. The highest BCUT2D eigenvalue weighted by Crippen LogP contribution is 2.38. The zero-order chi connectivity index (χ0) is 14.8. The standard InChI is InChI=1S/C17H18Cl2N2/c18-16-6-5-11(8-17(16)19)7-14(21-20)10-13-9-12-3-1-2-4-15(12)13/h1-6,8,13-14,21H,7,9-10,20H2. The summed E-state index contributed by atoms with van der Waals surface area (Å²) in [6.45, 7) is 0. The van der Waals surface area contributed by atoms with E-state index >= 15 is 0 Å². The molecule has 2 nitrogen and oxygen atoms in total. The highest BCUT2D eigenvalue weighted by Gasteiger charge is 2.27. The van der Waals surface area contributed by atoms with E-state index in [1.807, 2.05) is 18.2 Å². The maximum Gasteiger partial charge on any atom is 0.0595 e. The van der Waals surface area contributed by atoms with Gasteiger partial charge >= 0.3 is 0 Å². The second kappa shape index (κ2) is 6.37. The lowest BCUT2D eigenvalue weighted by Gasteiger charge is -2.33. The molecule has 0 spiro atoms. The third kappa shape index (κ3) is 3.24. The number of rotatable bonds is 5. The Hall–Kier alpha value is -1.06. The van der Waals surface area contributed by atoms with Gasteiger partial charge in [-0.15, -0.1) is 0 Å². The van der Waals surface area contributed by atoms with Crippen molar-refractivity contribution < 1.29 is 0 Å². The van der Waals surface area contributed by atoms with Crippen LogP contribution < -0.4 is 11.3 Å². The van der Waals surface area contributed by atoms with E-state index in [1.165, 1.54) is 11.1 Å². The Labute approximate surface area is 135 Å². The van der Waals surface area contributed by atoms with Crippen molar-refractivity contribution in [3.63, 3.8) is 0 Å². The Kier molecular flexibility index (Phi) is 4.51. The van der Waals surface area contributed by atoms with Gasteiger partial charge in [-0.2, -0.15) is 0 Å². The van der Waals surface area contributed by atoms with E-state index in [1.54, 1.807) is 0 Å². The molecule has 2 aromatic carbocycles. The van der Waals surface area contributed by atoms with Crippen molar-refractivity contribution in [2.75, 3.05) is 0 Å². The predicted octanol–water partition coefficient (Wildman–Crippen LogP) is 4.10. The molecule has 2 unspecified atom stereocenters. The fraction of sp³-hybridized carbons (Fsp3) is 0.294. The third-order valence-corrected chi connectivity index (χ3v) is 4.97. The average molecular weight is 321 g/mol. The molecule has 0 aromatic heterocycles. The summed E-state index contributed by atoms with van der Waals surface area (Å²) in [5, 5.41) is 1.18. The van der Waals surface area contributed by atoms with Gasteiger partial charge in [-0.1, -0.05) is 53.5 Å². The van der Waals surface area contributed by atoms with Crippen LogP contribution in [0.5, 0.6) is 0 Å². The van der Waals surface area contributed by atoms with E-state index in [0.717, 1.165) is 24.8 Å². The minimum absolute atomic E-state index is 0.237. The smallest absolute Gasteiger partial charge is 0.0595 e. The van der Waals surface area contributed by atoms with Crippen LogP contribution in [0.3, 0.4) is 0 Å². The summed E-state index contributed by atoms with van der Waals surface area (Å²) in [6, 6.07) is 14.6. The largest absolute Gasteiger partial charge is 0.271 e. The minimum Gasteiger partial charge on any atom is -0.271 e. The molecule has 1 aliphatic carbocycles. The number of nitrogens with two attached hydrogens (primary N) is 1. The Morgan fingerprint density at radius 1 is 1.14 bits per heavy atom. The lowest BCUT2D eigenvalue weighted by Crippen LogP contribution is -2.39. The van der Waals surface area contributed by atoms with Crippen LogP contribution in [0.4, 0.5) is 0 Å². The van der Waals surface area contributed by atoms with Crippen LogP contribution in [0.15, 0.2) is 42.5 Å². The summed E-state index contributed by atoms with van der Waals surface area (Å²) >= 11 is 12.0.